The summed E-state index contributed by atoms with van der Waals surface area (Å²) in [5.41, 5.74) is 3.36. The zero-order valence-corrected chi connectivity index (χ0v) is 23.2. The molecule has 0 saturated heterocycles. The minimum atomic E-state index is -4.26. The third-order valence-corrected chi connectivity index (χ3v) is 7.93. The van der Waals surface area contributed by atoms with Crippen molar-refractivity contribution in [3.05, 3.63) is 74.9 Å². The van der Waals surface area contributed by atoms with Gasteiger partial charge in [0.05, 0.1) is 39.0 Å². The summed E-state index contributed by atoms with van der Waals surface area (Å²) in [5, 5.41) is 21.3. The summed E-state index contributed by atoms with van der Waals surface area (Å²) in [6, 6.07) is 7.74. The van der Waals surface area contributed by atoms with Crippen molar-refractivity contribution in [2.45, 2.75) is 32.6 Å². The van der Waals surface area contributed by atoms with Crippen molar-refractivity contribution >= 4 is 36.1 Å². The lowest BCUT2D eigenvalue weighted by molar-refractivity contribution is -0.870. The molecule has 5 heterocycles. The van der Waals surface area contributed by atoms with Crippen LogP contribution in [0.4, 0.5) is 8.63 Å². The third-order valence-electron chi connectivity index (χ3n) is 7.03. The van der Waals surface area contributed by atoms with Gasteiger partial charge in [0.25, 0.3) is 0 Å². The van der Waals surface area contributed by atoms with Gasteiger partial charge in [-0.2, -0.15) is 0 Å². The molecule has 0 bridgehead atoms. The zero-order chi connectivity index (χ0) is 28.1. The summed E-state index contributed by atoms with van der Waals surface area (Å²) in [4.78, 5) is 18.2. The second kappa shape index (κ2) is 9.84. The fraction of sp³-hybridized carbons (Fsp3) is 0.333. The number of aromatic nitrogens is 2. The second-order valence-corrected chi connectivity index (χ2v) is 12.0. The Labute approximate surface area is 229 Å². The van der Waals surface area contributed by atoms with Gasteiger partial charge in [-0.3, -0.25) is 0 Å². The maximum Gasteiger partial charge on any atom is 0.737 e. The molecule has 2 N–H and O–H groups in total. The van der Waals surface area contributed by atoms with Crippen LogP contribution in [0.2, 0.25) is 0 Å². The van der Waals surface area contributed by atoms with Gasteiger partial charge in [0.2, 0.25) is 11.8 Å². The van der Waals surface area contributed by atoms with Crippen LogP contribution in [0.5, 0.6) is 11.8 Å². The number of aryl methyl sites for hydroxylation is 2. The molecule has 0 aromatic carbocycles. The Morgan fingerprint density at radius 3 is 2.49 bits per heavy atom. The van der Waals surface area contributed by atoms with Crippen molar-refractivity contribution in [2.24, 2.45) is 0 Å². The zero-order valence-electron chi connectivity index (χ0n) is 22.4. The summed E-state index contributed by atoms with van der Waals surface area (Å²) < 4.78 is 36.8. The topological polar surface area (TPSA) is 79.6 Å². The van der Waals surface area contributed by atoms with Gasteiger partial charge in [0.1, 0.15) is 0 Å². The Morgan fingerprint density at radius 1 is 1.13 bits per heavy atom. The Kier molecular flexibility index (Phi) is 6.80. The molecule has 3 aromatic rings. The van der Waals surface area contributed by atoms with Crippen molar-refractivity contribution in [1.29, 1.82) is 0 Å². The van der Waals surface area contributed by atoms with E-state index in [0.717, 1.165) is 32.4 Å². The van der Waals surface area contributed by atoms with Gasteiger partial charge in [-0.15, -0.1) is 16.1 Å². The molecule has 8 nitrogen and oxygen atoms in total. The van der Waals surface area contributed by atoms with Crippen molar-refractivity contribution in [3.8, 4) is 11.8 Å². The van der Waals surface area contributed by atoms with E-state index < -0.39 is 24.7 Å². The first kappa shape index (κ1) is 27.0. The highest BCUT2D eigenvalue weighted by molar-refractivity contribution is 7.12. The van der Waals surface area contributed by atoms with Crippen LogP contribution in [0.15, 0.2) is 53.1 Å². The largest absolute Gasteiger partial charge is 0.737 e. The van der Waals surface area contributed by atoms with E-state index in [1.54, 1.807) is 13.0 Å². The molecule has 0 unspecified atom stereocenters. The average molecular weight is 557 g/mol. The molecule has 0 spiro atoms. The predicted octanol–water partition coefficient (Wildman–Crippen LogP) is 4.16. The van der Waals surface area contributed by atoms with Crippen LogP contribution in [0, 0.1) is 6.92 Å². The molecular formula is C27H32BF2N4O4S+. The first-order valence-corrected chi connectivity index (χ1v) is 13.7. The molecule has 206 valence electrons. The van der Waals surface area contributed by atoms with Crippen LogP contribution in [-0.4, -0.2) is 74.7 Å². The van der Waals surface area contributed by atoms with E-state index in [0.29, 0.717) is 39.5 Å². The first-order chi connectivity index (χ1) is 18.4. The van der Waals surface area contributed by atoms with Gasteiger partial charge in [0, 0.05) is 42.0 Å². The molecule has 0 aliphatic carbocycles. The summed E-state index contributed by atoms with van der Waals surface area (Å²) in [5.74, 6) is -1.67. The van der Waals surface area contributed by atoms with E-state index in [4.69, 9.17) is 4.84 Å². The van der Waals surface area contributed by atoms with Crippen molar-refractivity contribution < 1.29 is 37.4 Å². The number of hydrogen-bond acceptors (Lipinski definition) is 5. The average Bonchev–Trinajstić information content (AvgIpc) is 3.62. The smallest absolute Gasteiger partial charge is 0.492 e. The quantitative estimate of drug-likeness (QED) is 0.306. The number of halogens is 2. The Balaban J connectivity index is 1.47. The number of nitrogens with zero attached hydrogens (tertiary/aromatic N) is 4. The highest BCUT2D eigenvalue weighted by atomic mass is 32.1. The molecule has 0 amide bonds. The van der Waals surface area contributed by atoms with Crippen LogP contribution < -0.4 is 4.84 Å². The number of fused-ring (bicyclic) bond motifs is 2. The summed E-state index contributed by atoms with van der Waals surface area (Å²) in [6.45, 7) is -1.54. The molecule has 0 atom stereocenters. The Bertz CT molecular complexity index is 1510. The minimum Gasteiger partial charge on any atom is -0.492 e. The molecule has 2 aliphatic rings. The number of carbonyl (C=O) groups is 1. The molecule has 5 rings (SSSR count). The van der Waals surface area contributed by atoms with Crippen LogP contribution in [-0.2, 0) is 11.2 Å². The summed E-state index contributed by atoms with van der Waals surface area (Å²) in [6.07, 6.45) is 5.07. The lowest BCUT2D eigenvalue weighted by atomic mass is 9.88. The van der Waals surface area contributed by atoms with Crippen molar-refractivity contribution in [1.82, 2.24) is 9.21 Å². The molecule has 3 aromatic heterocycles. The molecule has 0 fully saturated rings. The van der Waals surface area contributed by atoms with Crippen LogP contribution >= 0.6 is 11.3 Å². The SMILES string of the molecule is Cc1cc(CCC(=O)On2c(O)ccc2O)n2c1C=C1C(CCC[N+](C)(C)C)=CC(c3cccs3)=[N+]1[B-]2(F)F. The molecular weight excluding hydrogens is 525 g/mol. The lowest BCUT2D eigenvalue weighted by Gasteiger charge is -2.31. The van der Waals surface area contributed by atoms with Gasteiger partial charge in [-0.05, 0) is 48.5 Å². The molecule has 39 heavy (non-hydrogen) atoms. The lowest BCUT2D eigenvalue weighted by Crippen LogP contribution is -2.51. The van der Waals surface area contributed by atoms with E-state index in [2.05, 4.69) is 21.1 Å². The summed E-state index contributed by atoms with van der Waals surface area (Å²) in [7, 11) is 6.35. The number of aromatic hydroxyl groups is 2. The van der Waals surface area contributed by atoms with Crippen LogP contribution in [0.1, 0.15) is 41.1 Å². The highest BCUT2D eigenvalue weighted by Crippen LogP contribution is 2.40. The maximum absolute atomic E-state index is 16.6. The highest BCUT2D eigenvalue weighted by Gasteiger charge is 2.54. The standard InChI is InChI=1S/C27H31BF2N4O4S/c1-18-15-20(9-12-27(37)38-33-25(35)10-11-26(33)36)31-21(18)17-22-19(7-5-13-34(2,3)4)16-23(24-8-6-14-39-24)32(22)28(31,29)30/h6,8,10-11,14-17H,5,7,9,12-13H2,1-4H3,(H-,35,36)/p+1. The van der Waals surface area contributed by atoms with Crippen molar-refractivity contribution in [2.75, 3.05) is 27.7 Å². The summed E-state index contributed by atoms with van der Waals surface area (Å²) >= 11 is 1.43. The minimum absolute atomic E-state index is 0.00502. The number of thiophene rings is 1. The van der Waals surface area contributed by atoms with Gasteiger partial charge in [-0.1, -0.05) is 6.07 Å². The monoisotopic (exact) mass is 557 g/mol. The van der Waals surface area contributed by atoms with Gasteiger partial charge < -0.3 is 37.1 Å². The van der Waals surface area contributed by atoms with E-state index in [1.165, 1.54) is 28.0 Å². The predicted molar refractivity (Wildman–Crippen MR) is 147 cm³/mol. The van der Waals surface area contributed by atoms with E-state index in [9.17, 15) is 15.0 Å². The van der Waals surface area contributed by atoms with Gasteiger partial charge in [-0.25, -0.2) is 4.79 Å². The fourth-order valence-electron chi connectivity index (χ4n) is 5.25. The first-order valence-electron chi connectivity index (χ1n) is 12.8. The number of rotatable bonds is 9. The number of quaternary nitrogens is 1. The maximum atomic E-state index is 16.6. The Hall–Kier alpha value is -3.64. The molecule has 0 radical (unpaired) electrons. The van der Waals surface area contributed by atoms with Crippen LogP contribution in [0.3, 0.4) is 0 Å². The third kappa shape index (κ3) is 5.06. The number of carbonyl (C=O) groups excluding carboxylic acids is 1. The van der Waals surface area contributed by atoms with E-state index in [1.807, 2.05) is 29.7 Å². The second-order valence-electron chi connectivity index (χ2n) is 11.0. The molecule has 2 aliphatic heterocycles. The number of allylic oxidation sites excluding steroid dienone is 2. The van der Waals surface area contributed by atoms with Gasteiger partial charge in [0.15, 0.2) is 11.4 Å². The van der Waals surface area contributed by atoms with E-state index in [-0.39, 0.29) is 12.8 Å². The molecule has 0 saturated carbocycles. The van der Waals surface area contributed by atoms with Crippen LogP contribution in [0.25, 0.3) is 6.08 Å². The molecule has 12 heteroatoms. The normalized spacial score (nSPS) is 16.2. The Morgan fingerprint density at radius 2 is 1.85 bits per heavy atom. The van der Waals surface area contributed by atoms with E-state index >= 15 is 8.63 Å². The van der Waals surface area contributed by atoms with Gasteiger partial charge >= 0.3 is 12.9 Å². The van der Waals surface area contributed by atoms with Crippen molar-refractivity contribution in [3.63, 3.8) is 0 Å². The fourth-order valence-corrected chi connectivity index (χ4v) is 5.99. The number of hydrogen-bond donors (Lipinski definition) is 2.